The van der Waals surface area contributed by atoms with E-state index in [1.54, 1.807) is 6.92 Å². The van der Waals surface area contributed by atoms with Gasteiger partial charge in [0, 0.05) is 18.8 Å². The Bertz CT molecular complexity index is 287. The minimum absolute atomic E-state index is 0.307. The summed E-state index contributed by atoms with van der Waals surface area (Å²) in [6, 6.07) is 7.64. The van der Waals surface area contributed by atoms with Gasteiger partial charge in [-0.05, 0) is 26.3 Å². The average molecular weight is 224 g/mol. The van der Waals surface area contributed by atoms with Crippen LogP contribution in [0.25, 0.3) is 0 Å². The topological polar surface area (TPSA) is 38.7 Å². The summed E-state index contributed by atoms with van der Waals surface area (Å²) in [4.78, 5) is 0. The lowest BCUT2D eigenvalue weighted by atomic mass is 10.1. The van der Waals surface area contributed by atoms with Crippen molar-refractivity contribution in [1.82, 2.24) is 0 Å². The molecule has 0 aromatic heterocycles. The van der Waals surface area contributed by atoms with Crippen LogP contribution in [0.1, 0.15) is 44.3 Å². The molecule has 1 N–H and O–H groups in total. The predicted molar refractivity (Wildman–Crippen MR) is 63.1 cm³/mol. The Morgan fingerprint density at radius 3 is 1.81 bits per heavy atom. The SMILES string of the molecule is CCOC(OCC)c1ccc([C@H](C)O)cc1. The molecule has 90 valence electrons. The van der Waals surface area contributed by atoms with Crippen molar-refractivity contribution in [1.29, 1.82) is 0 Å². The lowest BCUT2D eigenvalue weighted by Crippen LogP contribution is -2.08. The predicted octanol–water partition coefficient (Wildman–Crippen LogP) is 2.81. The van der Waals surface area contributed by atoms with Crippen LogP contribution in [-0.2, 0) is 9.47 Å². The van der Waals surface area contributed by atoms with Gasteiger partial charge in [-0.15, -0.1) is 0 Å². The van der Waals surface area contributed by atoms with Crippen molar-refractivity contribution in [2.45, 2.75) is 33.2 Å². The van der Waals surface area contributed by atoms with Gasteiger partial charge in [0.2, 0.25) is 0 Å². The number of hydrogen-bond donors (Lipinski definition) is 1. The summed E-state index contributed by atoms with van der Waals surface area (Å²) in [6.07, 6.45) is -0.746. The van der Waals surface area contributed by atoms with E-state index < -0.39 is 6.10 Å². The Morgan fingerprint density at radius 1 is 1.00 bits per heavy atom. The molecule has 0 saturated heterocycles. The Balaban J connectivity index is 2.76. The molecule has 0 fully saturated rings. The smallest absolute Gasteiger partial charge is 0.183 e. The second kappa shape index (κ2) is 6.63. The molecule has 1 atom stereocenters. The van der Waals surface area contributed by atoms with Gasteiger partial charge in [-0.2, -0.15) is 0 Å². The lowest BCUT2D eigenvalue weighted by Gasteiger charge is -2.17. The van der Waals surface area contributed by atoms with Gasteiger partial charge in [0.15, 0.2) is 6.29 Å². The monoisotopic (exact) mass is 224 g/mol. The van der Waals surface area contributed by atoms with Gasteiger partial charge < -0.3 is 14.6 Å². The molecule has 0 bridgehead atoms. The molecular weight excluding hydrogens is 204 g/mol. The highest BCUT2D eigenvalue weighted by molar-refractivity contribution is 5.24. The van der Waals surface area contributed by atoms with Crippen LogP contribution in [0.2, 0.25) is 0 Å². The molecule has 0 amide bonds. The fourth-order valence-corrected chi connectivity index (χ4v) is 1.47. The van der Waals surface area contributed by atoms with Crippen LogP contribution in [0.4, 0.5) is 0 Å². The molecule has 0 aliphatic heterocycles. The number of aliphatic hydroxyl groups is 1. The number of hydrogen-bond acceptors (Lipinski definition) is 3. The summed E-state index contributed by atoms with van der Waals surface area (Å²) >= 11 is 0. The van der Waals surface area contributed by atoms with Crippen LogP contribution >= 0.6 is 0 Å². The first-order valence-electron chi connectivity index (χ1n) is 5.70. The van der Waals surface area contributed by atoms with Crippen LogP contribution in [0.3, 0.4) is 0 Å². The summed E-state index contributed by atoms with van der Waals surface area (Å²) in [5.41, 5.74) is 1.88. The third-order valence-electron chi connectivity index (χ3n) is 2.33. The first-order chi connectivity index (χ1) is 7.69. The van der Waals surface area contributed by atoms with E-state index in [2.05, 4.69) is 0 Å². The van der Waals surface area contributed by atoms with E-state index in [9.17, 15) is 5.11 Å². The van der Waals surface area contributed by atoms with Crippen LogP contribution in [-0.4, -0.2) is 18.3 Å². The van der Waals surface area contributed by atoms with Crippen molar-refractivity contribution in [3.05, 3.63) is 35.4 Å². The largest absolute Gasteiger partial charge is 0.389 e. The highest BCUT2D eigenvalue weighted by Gasteiger charge is 2.11. The fraction of sp³-hybridized carbons (Fsp3) is 0.538. The van der Waals surface area contributed by atoms with E-state index >= 15 is 0 Å². The first kappa shape index (κ1) is 13.2. The summed E-state index contributed by atoms with van der Waals surface area (Å²) in [5.74, 6) is 0. The van der Waals surface area contributed by atoms with E-state index in [0.29, 0.717) is 13.2 Å². The number of benzene rings is 1. The number of aliphatic hydroxyl groups excluding tert-OH is 1. The summed E-state index contributed by atoms with van der Waals surface area (Å²) in [5, 5.41) is 9.40. The molecular formula is C13H20O3. The average Bonchev–Trinajstić information content (AvgIpc) is 2.29. The Kier molecular flexibility index (Phi) is 5.46. The molecule has 3 nitrogen and oxygen atoms in total. The minimum atomic E-state index is -0.438. The van der Waals surface area contributed by atoms with E-state index in [4.69, 9.17) is 9.47 Å². The number of ether oxygens (including phenoxy) is 2. The van der Waals surface area contributed by atoms with E-state index in [-0.39, 0.29) is 6.29 Å². The molecule has 1 aromatic rings. The highest BCUT2D eigenvalue weighted by Crippen LogP contribution is 2.21. The van der Waals surface area contributed by atoms with Crippen molar-refractivity contribution in [3.8, 4) is 0 Å². The van der Waals surface area contributed by atoms with Crippen molar-refractivity contribution in [2.24, 2.45) is 0 Å². The normalized spacial score (nSPS) is 13.1. The van der Waals surface area contributed by atoms with Gasteiger partial charge in [-0.1, -0.05) is 24.3 Å². The highest BCUT2D eigenvalue weighted by atomic mass is 16.7. The zero-order valence-electron chi connectivity index (χ0n) is 10.1. The van der Waals surface area contributed by atoms with Gasteiger partial charge >= 0.3 is 0 Å². The van der Waals surface area contributed by atoms with Crippen LogP contribution in [0.5, 0.6) is 0 Å². The van der Waals surface area contributed by atoms with Gasteiger partial charge in [0.05, 0.1) is 6.10 Å². The van der Waals surface area contributed by atoms with Crippen molar-refractivity contribution in [2.75, 3.05) is 13.2 Å². The molecule has 16 heavy (non-hydrogen) atoms. The molecule has 0 aliphatic rings. The molecule has 1 aromatic carbocycles. The van der Waals surface area contributed by atoms with Crippen LogP contribution < -0.4 is 0 Å². The molecule has 0 saturated carbocycles. The maximum atomic E-state index is 9.40. The summed E-state index contributed by atoms with van der Waals surface area (Å²) in [7, 11) is 0. The fourth-order valence-electron chi connectivity index (χ4n) is 1.47. The van der Waals surface area contributed by atoms with Crippen molar-refractivity contribution >= 4 is 0 Å². The van der Waals surface area contributed by atoms with Gasteiger partial charge in [-0.3, -0.25) is 0 Å². The molecule has 3 heteroatoms. The molecule has 0 aliphatic carbocycles. The van der Waals surface area contributed by atoms with E-state index in [0.717, 1.165) is 11.1 Å². The van der Waals surface area contributed by atoms with Gasteiger partial charge in [0.1, 0.15) is 0 Å². The number of rotatable bonds is 6. The summed E-state index contributed by atoms with van der Waals surface area (Å²) < 4.78 is 11.0. The second-order valence-corrected chi connectivity index (χ2v) is 3.59. The molecule has 0 radical (unpaired) electrons. The zero-order chi connectivity index (χ0) is 12.0. The standard InChI is InChI=1S/C13H20O3/c1-4-15-13(16-5-2)12-8-6-11(7-9-12)10(3)14/h6-10,13-14H,4-5H2,1-3H3/t10-/m0/s1. The Labute approximate surface area is 97.0 Å². The Morgan fingerprint density at radius 2 is 1.44 bits per heavy atom. The first-order valence-corrected chi connectivity index (χ1v) is 5.70. The van der Waals surface area contributed by atoms with Gasteiger partial charge in [-0.25, -0.2) is 0 Å². The van der Waals surface area contributed by atoms with E-state index in [1.807, 2.05) is 38.1 Å². The maximum Gasteiger partial charge on any atom is 0.183 e. The Hall–Kier alpha value is -0.900. The van der Waals surface area contributed by atoms with Gasteiger partial charge in [0.25, 0.3) is 0 Å². The zero-order valence-corrected chi connectivity index (χ0v) is 10.1. The van der Waals surface area contributed by atoms with E-state index in [1.165, 1.54) is 0 Å². The molecule has 0 spiro atoms. The van der Waals surface area contributed by atoms with Crippen molar-refractivity contribution < 1.29 is 14.6 Å². The quantitative estimate of drug-likeness (QED) is 0.755. The third-order valence-corrected chi connectivity index (χ3v) is 2.33. The van der Waals surface area contributed by atoms with Crippen LogP contribution in [0.15, 0.2) is 24.3 Å². The van der Waals surface area contributed by atoms with Crippen LogP contribution in [0, 0.1) is 0 Å². The third kappa shape index (κ3) is 3.59. The maximum absolute atomic E-state index is 9.40. The lowest BCUT2D eigenvalue weighted by molar-refractivity contribution is -0.140. The second-order valence-electron chi connectivity index (χ2n) is 3.59. The molecule has 1 rings (SSSR count). The molecule has 0 heterocycles. The minimum Gasteiger partial charge on any atom is -0.389 e. The van der Waals surface area contributed by atoms with Crippen molar-refractivity contribution in [3.63, 3.8) is 0 Å². The summed E-state index contributed by atoms with van der Waals surface area (Å²) in [6.45, 7) is 6.86. The molecule has 0 unspecified atom stereocenters.